The molecule has 128 valence electrons. The number of aromatic amines is 1. The third-order valence-corrected chi connectivity index (χ3v) is 4.51. The van der Waals surface area contributed by atoms with Crippen LogP contribution in [0.4, 0.5) is 18.9 Å². The molecule has 4 nitrogen and oxygen atoms in total. The molecule has 0 aliphatic carbocycles. The third-order valence-electron chi connectivity index (χ3n) is 4.19. The number of para-hydroxylation sites is 1. The second-order valence-electron chi connectivity index (χ2n) is 5.75. The van der Waals surface area contributed by atoms with E-state index in [0.717, 1.165) is 0 Å². The van der Waals surface area contributed by atoms with Crippen molar-refractivity contribution >= 4 is 17.3 Å². The Morgan fingerprint density at radius 3 is 2.68 bits per heavy atom. The molecule has 3 aromatic rings. The number of benzene rings is 1. The lowest BCUT2D eigenvalue weighted by Crippen LogP contribution is -2.40. The number of nitrogens with one attached hydrogen (secondary N) is 1. The Labute approximate surface area is 146 Å². The fraction of sp³-hybridized carbons (Fsp3) is 0.176. The molecule has 0 saturated heterocycles. The molecule has 4 rings (SSSR count). The van der Waals surface area contributed by atoms with Crippen molar-refractivity contribution < 1.29 is 13.2 Å². The number of hydrogen-bond donors (Lipinski definition) is 1. The minimum absolute atomic E-state index is 0.172. The first-order valence-electron chi connectivity index (χ1n) is 7.52. The zero-order valence-electron chi connectivity index (χ0n) is 12.8. The largest absolute Gasteiger partial charge is 0.405 e. The minimum atomic E-state index is -4.37. The third kappa shape index (κ3) is 2.74. The molecule has 2 aromatic heterocycles. The molecule has 1 N–H and O–H groups in total. The number of nitrogens with zero attached hydrogens (tertiary/aromatic N) is 3. The van der Waals surface area contributed by atoms with Crippen LogP contribution in [0.5, 0.6) is 0 Å². The summed E-state index contributed by atoms with van der Waals surface area (Å²) < 4.78 is 39.9. The summed E-state index contributed by atoms with van der Waals surface area (Å²) >= 11 is 6.21. The van der Waals surface area contributed by atoms with E-state index in [1.54, 1.807) is 42.6 Å². The topological polar surface area (TPSA) is 44.8 Å². The number of pyridine rings is 1. The molecule has 8 heteroatoms. The molecule has 0 spiro atoms. The highest BCUT2D eigenvalue weighted by Crippen LogP contribution is 2.47. The Hall–Kier alpha value is -2.54. The van der Waals surface area contributed by atoms with Gasteiger partial charge in [0.1, 0.15) is 11.7 Å². The van der Waals surface area contributed by atoms with Crippen LogP contribution in [0.3, 0.4) is 0 Å². The van der Waals surface area contributed by atoms with Crippen molar-refractivity contribution in [1.29, 1.82) is 0 Å². The predicted molar refractivity (Wildman–Crippen MR) is 88.5 cm³/mol. The summed E-state index contributed by atoms with van der Waals surface area (Å²) in [5.74, 6) is 0. The molecule has 3 heterocycles. The highest BCUT2D eigenvalue weighted by atomic mass is 35.5. The summed E-state index contributed by atoms with van der Waals surface area (Å²) in [4.78, 5) is 5.33. The number of anilines is 1. The molecule has 1 atom stereocenters. The number of H-pyrrole nitrogens is 1. The van der Waals surface area contributed by atoms with E-state index < -0.39 is 18.8 Å². The van der Waals surface area contributed by atoms with Crippen molar-refractivity contribution in [1.82, 2.24) is 15.2 Å². The average Bonchev–Trinajstić information content (AvgIpc) is 3.04. The van der Waals surface area contributed by atoms with Crippen molar-refractivity contribution in [3.05, 3.63) is 65.1 Å². The first kappa shape index (κ1) is 16.0. The van der Waals surface area contributed by atoms with Gasteiger partial charge in [0.15, 0.2) is 0 Å². The van der Waals surface area contributed by atoms with Crippen LogP contribution < -0.4 is 4.90 Å². The van der Waals surface area contributed by atoms with E-state index in [2.05, 4.69) is 15.2 Å². The van der Waals surface area contributed by atoms with Crippen molar-refractivity contribution in [2.24, 2.45) is 0 Å². The van der Waals surface area contributed by atoms with E-state index in [-0.39, 0.29) is 5.15 Å². The van der Waals surface area contributed by atoms with Crippen LogP contribution >= 0.6 is 11.6 Å². The average molecular weight is 365 g/mol. The summed E-state index contributed by atoms with van der Waals surface area (Å²) in [5, 5.41) is 7.11. The van der Waals surface area contributed by atoms with Crippen LogP contribution in [-0.4, -0.2) is 27.9 Å². The van der Waals surface area contributed by atoms with E-state index >= 15 is 0 Å². The standard InChI is InChI=1S/C17H12ClF3N4/c18-16-11(5-3-7-22-16)15-12-8-23-24-14(12)10-4-1-2-6-13(10)25(15)9-17(19,20)21/h1-8,15H,9H2,(H,23,24). The van der Waals surface area contributed by atoms with Gasteiger partial charge in [0.05, 0.1) is 17.9 Å². The zero-order valence-corrected chi connectivity index (χ0v) is 13.5. The Kier molecular flexibility index (Phi) is 3.68. The van der Waals surface area contributed by atoms with Crippen molar-refractivity contribution in [3.8, 4) is 11.3 Å². The predicted octanol–water partition coefficient (Wildman–Crippen LogP) is 4.60. The molecule has 0 fully saturated rings. The molecule has 25 heavy (non-hydrogen) atoms. The van der Waals surface area contributed by atoms with Gasteiger partial charge < -0.3 is 4.90 Å². The summed E-state index contributed by atoms with van der Waals surface area (Å²) in [6.07, 6.45) is -1.32. The minimum Gasteiger partial charge on any atom is -0.350 e. The van der Waals surface area contributed by atoms with Crippen LogP contribution in [0.15, 0.2) is 48.8 Å². The second kappa shape index (κ2) is 5.77. The van der Waals surface area contributed by atoms with E-state index in [4.69, 9.17) is 11.6 Å². The monoisotopic (exact) mass is 364 g/mol. The normalized spacial score (nSPS) is 16.5. The number of rotatable bonds is 2. The number of fused-ring (bicyclic) bond motifs is 3. The lowest BCUT2D eigenvalue weighted by Gasteiger charge is -2.39. The summed E-state index contributed by atoms with van der Waals surface area (Å²) in [5.41, 5.74) is 2.99. The maximum Gasteiger partial charge on any atom is 0.405 e. The quantitative estimate of drug-likeness (QED) is 0.676. The lowest BCUT2D eigenvalue weighted by atomic mass is 9.90. The Bertz CT molecular complexity index is 922. The van der Waals surface area contributed by atoms with Crippen LogP contribution in [-0.2, 0) is 0 Å². The first-order chi connectivity index (χ1) is 12.0. The van der Waals surface area contributed by atoms with Gasteiger partial charge in [-0.1, -0.05) is 35.9 Å². The van der Waals surface area contributed by atoms with Gasteiger partial charge >= 0.3 is 6.18 Å². The second-order valence-corrected chi connectivity index (χ2v) is 6.10. The van der Waals surface area contributed by atoms with E-state index in [0.29, 0.717) is 28.1 Å². The van der Waals surface area contributed by atoms with E-state index in [1.165, 1.54) is 11.1 Å². The molecule has 1 aromatic carbocycles. The maximum atomic E-state index is 13.3. The SMILES string of the molecule is FC(F)(F)CN1c2ccccc2-c2[nH]ncc2C1c1cccnc1Cl. The zero-order chi connectivity index (χ0) is 17.6. The fourth-order valence-electron chi connectivity index (χ4n) is 3.27. The lowest BCUT2D eigenvalue weighted by molar-refractivity contribution is -0.120. The van der Waals surface area contributed by atoms with Crippen LogP contribution in [0.1, 0.15) is 17.2 Å². The first-order valence-corrected chi connectivity index (χ1v) is 7.90. The number of hydrogen-bond acceptors (Lipinski definition) is 3. The molecular weight excluding hydrogens is 353 g/mol. The summed E-state index contributed by atoms with van der Waals surface area (Å²) in [6, 6.07) is 9.56. The smallest absolute Gasteiger partial charge is 0.350 e. The molecule has 0 amide bonds. The van der Waals surface area contributed by atoms with Gasteiger partial charge in [-0.25, -0.2) is 4.98 Å². The van der Waals surface area contributed by atoms with Gasteiger partial charge in [-0.3, -0.25) is 5.10 Å². The Balaban J connectivity index is 1.96. The highest BCUT2D eigenvalue weighted by Gasteiger charge is 2.40. The molecule has 0 bridgehead atoms. The van der Waals surface area contributed by atoms with Crippen LogP contribution in [0.2, 0.25) is 5.15 Å². The molecule has 0 radical (unpaired) electrons. The van der Waals surface area contributed by atoms with Gasteiger partial charge in [-0.05, 0) is 12.1 Å². The molecule has 0 saturated carbocycles. The Morgan fingerprint density at radius 1 is 1.12 bits per heavy atom. The van der Waals surface area contributed by atoms with Gasteiger partial charge in [0.25, 0.3) is 0 Å². The molecular formula is C17H12ClF3N4. The van der Waals surface area contributed by atoms with Crippen molar-refractivity contribution in [2.45, 2.75) is 12.2 Å². The van der Waals surface area contributed by atoms with Gasteiger partial charge in [-0.2, -0.15) is 18.3 Å². The number of alkyl halides is 3. The van der Waals surface area contributed by atoms with Crippen LogP contribution in [0, 0.1) is 0 Å². The summed E-state index contributed by atoms with van der Waals surface area (Å²) in [6.45, 7) is -1.11. The van der Waals surface area contributed by atoms with Crippen LogP contribution in [0.25, 0.3) is 11.3 Å². The summed E-state index contributed by atoms with van der Waals surface area (Å²) in [7, 11) is 0. The highest BCUT2D eigenvalue weighted by molar-refractivity contribution is 6.30. The molecule has 1 aliphatic rings. The molecule has 1 aliphatic heterocycles. The number of halogens is 4. The van der Waals surface area contributed by atoms with Crippen molar-refractivity contribution in [3.63, 3.8) is 0 Å². The van der Waals surface area contributed by atoms with E-state index in [1.807, 2.05) is 0 Å². The Morgan fingerprint density at radius 2 is 1.92 bits per heavy atom. The maximum absolute atomic E-state index is 13.3. The fourth-order valence-corrected chi connectivity index (χ4v) is 3.49. The van der Waals surface area contributed by atoms with Gasteiger partial charge in [0, 0.05) is 28.6 Å². The number of aromatic nitrogens is 3. The van der Waals surface area contributed by atoms with E-state index in [9.17, 15) is 13.2 Å². The van der Waals surface area contributed by atoms with Crippen molar-refractivity contribution in [2.75, 3.05) is 11.4 Å². The van der Waals surface area contributed by atoms with Gasteiger partial charge in [0.2, 0.25) is 0 Å². The van der Waals surface area contributed by atoms with Gasteiger partial charge in [-0.15, -0.1) is 0 Å². The molecule has 1 unspecified atom stereocenters.